The summed E-state index contributed by atoms with van der Waals surface area (Å²) >= 11 is 0. The quantitative estimate of drug-likeness (QED) is 0.766. The van der Waals surface area contributed by atoms with Gasteiger partial charge in [0.1, 0.15) is 17.4 Å². The van der Waals surface area contributed by atoms with Gasteiger partial charge in [-0.2, -0.15) is 0 Å². The Hall–Kier alpha value is -2.60. The SMILES string of the molecule is O=C(O)c1cc2ccccc2cc1O[C@H]1CCC2CN[C@H](C(=O)O)CC2C1. The summed E-state index contributed by atoms with van der Waals surface area (Å²) in [5.41, 5.74) is 0.171. The van der Waals surface area contributed by atoms with Crippen molar-refractivity contribution < 1.29 is 24.5 Å². The number of carboxylic acids is 2. The zero-order chi connectivity index (χ0) is 19.0. The molecule has 2 aromatic carbocycles. The van der Waals surface area contributed by atoms with Crippen molar-refractivity contribution in [2.75, 3.05) is 6.54 Å². The van der Waals surface area contributed by atoms with E-state index in [0.29, 0.717) is 24.0 Å². The molecule has 1 heterocycles. The lowest BCUT2D eigenvalue weighted by atomic mass is 9.72. The number of nitrogens with one attached hydrogen (secondary N) is 1. The molecule has 1 saturated carbocycles. The molecular weight excluding hydrogens is 346 g/mol. The van der Waals surface area contributed by atoms with Gasteiger partial charge in [0.2, 0.25) is 0 Å². The highest BCUT2D eigenvalue weighted by Gasteiger charge is 2.38. The Morgan fingerprint density at radius 2 is 1.74 bits per heavy atom. The van der Waals surface area contributed by atoms with E-state index in [4.69, 9.17) is 4.74 Å². The minimum atomic E-state index is -1.00. The number of benzene rings is 2. The molecule has 0 amide bonds. The maximum atomic E-state index is 11.7. The fourth-order valence-corrected chi connectivity index (χ4v) is 4.48. The van der Waals surface area contributed by atoms with Gasteiger partial charge >= 0.3 is 11.9 Å². The van der Waals surface area contributed by atoms with Crippen LogP contribution >= 0.6 is 0 Å². The summed E-state index contributed by atoms with van der Waals surface area (Å²) in [6.07, 6.45) is 3.10. The highest BCUT2D eigenvalue weighted by atomic mass is 16.5. The van der Waals surface area contributed by atoms with Crippen molar-refractivity contribution >= 4 is 22.7 Å². The molecule has 0 radical (unpaired) electrons. The van der Waals surface area contributed by atoms with Crippen LogP contribution in [0.15, 0.2) is 36.4 Å². The van der Waals surface area contributed by atoms with Gasteiger partial charge in [0.15, 0.2) is 0 Å². The number of carboxylic acid groups (broad SMARTS) is 2. The van der Waals surface area contributed by atoms with Crippen LogP contribution < -0.4 is 10.1 Å². The molecule has 0 spiro atoms. The lowest BCUT2D eigenvalue weighted by Crippen LogP contribution is -2.50. The molecule has 1 aliphatic heterocycles. The summed E-state index contributed by atoms with van der Waals surface area (Å²) in [6, 6.07) is 10.6. The largest absolute Gasteiger partial charge is 0.489 e. The van der Waals surface area contributed by atoms with Crippen molar-refractivity contribution in [2.24, 2.45) is 11.8 Å². The zero-order valence-corrected chi connectivity index (χ0v) is 14.9. The van der Waals surface area contributed by atoms with Crippen molar-refractivity contribution in [1.29, 1.82) is 0 Å². The van der Waals surface area contributed by atoms with Crippen LogP contribution in [0.25, 0.3) is 10.8 Å². The van der Waals surface area contributed by atoms with Crippen molar-refractivity contribution in [3.63, 3.8) is 0 Å². The fraction of sp³-hybridized carbons (Fsp3) is 0.429. The van der Waals surface area contributed by atoms with Crippen molar-refractivity contribution in [3.8, 4) is 5.75 Å². The van der Waals surface area contributed by atoms with E-state index in [1.807, 2.05) is 24.3 Å². The number of piperidine rings is 1. The first kappa shape index (κ1) is 17.8. The van der Waals surface area contributed by atoms with Crippen LogP contribution in [0.1, 0.15) is 36.0 Å². The Morgan fingerprint density at radius 3 is 2.44 bits per heavy atom. The van der Waals surface area contributed by atoms with Gasteiger partial charge in [0.25, 0.3) is 0 Å². The van der Waals surface area contributed by atoms with Gasteiger partial charge in [-0.1, -0.05) is 24.3 Å². The molecule has 2 aliphatic rings. The molecule has 0 bridgehead atoms. The van der Waals surface area contributed by atoms with Crippen LogP contribution in [0.3, 0.4) is 0 Å². The Kier molecular flexibility index (Phi) is 4.74. The van der Waals surface area contributed by atoms with Crippen LogP contribution in [0, 0.1) is 11.8 Å². The van der Waals surface area contributed by atoms with Gasteiger partial charge in [-0.05, 0) is 67.0 Å². The smallest absolute Gasteiger partial charge is 0.339 e. The second-order valence-electron chi connectivity index (χ2n) is 7.61. The summed E-state index contributed by atoms with van der Waals surface area (Å²) in [6.45, 7) is 0.727. The highest BCUT2D eigenvalue weighted by molar-refractivity contribution is 5.97. The van der Waals surface area contributed by atoms with Gasteiger partial charge in [-0.15, -0.1) is 0 Å². The van der Waals surface area contributed by atoms with Crippen LogP contribution in [0.5, 0.6) is 5.75 Å². The monoisotopic (exact) mass is 369 g/mol. The number of fused-ring (bicyclic) bond motifs is 2. The normalized spacial score (nSPS) is 27.7. The van der Waals surface area contributed by atoms with E-state index in [0.717, 1.165) is 36.6 Å². The van der Waals surface area contributed by atoms with E-state index in [1.165, 1.54) is 0 Å². The average Bonchev–Trinajstić information content (AvgIpc) is 2.66. The Bertz CT molecular complexity index is 880. The molecule has 6 nitrogen and oxygen atoms in total. The van der Waals surface area contributed by atoms with Crippen LogP contribution in [-0.4, -0.2) is 40.8 Å². The highest BCUT2D eigenvalue weighted by Crippen LogP contribution is 2.38. The number of hydrogen-bond acceptors (Lipinski definition) is 4. The first-order chi connectivity index (χ1) is 13.0. The van der Waals surface area contributed by atoms with E-state index in [9.17, 15) is 19.8 Å². The van der Waals surface area contributed by atoms with Gasteiger partial charge in [0.05, 0.1) is 6.10 Å². The minimum Gasteiger partial charge on any atom is -0.489 e. The van der Waals surface area contributed by atoms with Gasteiger partial charge in [-0.3, -0.25) is 4.79 Å². The Labute approximate surface area is 157 Å². The van der Waals surface area contributed by atoms with Crippen LogP contribution in [0.2, 0.25) is 0 Å². The fourth-order valence-electron chi connectivity index (χ4n) is 4.48. The number of aliphatic carboxylic acids is 1. The first-order valence-corrected chi connectivity index (χ1v) is 9.40. The van der Waals surface area contributed by atoms with Crippen molar-refractivity contribution in [3.05, 3.63) is 42.0 Å². The molecule has 4 atom stereocenters. The molecule has 4 rings (SSSR count). The third-order valence-corrected chi connectivity index (χ3v) is 5.93. The summed E-state index contributed by atoms with van der Waals surface area (Å²) in [7, 11) is 0. The van der Waals surface area contributed by atoms with Crippen LogP contribution in [0.4, 0.5) is 0 Å². The molecule has 2 unspecified atom stereocenters. The molecule has 6 heteroatoms. The molecule has 2 fully saturated rings. The molecule has 142 valence electrons. The predicted molar refractivity (Wildman–Crippen MR) is 100 cm³/mol. The van der Waals surface area contributed by atoms with Gasteiger partial charge in [0, 0.05) is 0 Å². The zero-order valence-electron chi connectivity index (χ0n) is 14.9. The number of aromatic carboxylic acids is 1. The van der Waals surface area contributed by atoms with Gasteiger partial charge < -0.3 is 20.3 Å². The molecule has 2 aromatic rings. The van der Waals surface area contributed by atoms with Gasteiger partial charge in [-0.25, -0.2) is 4.79 Å². The predicted octanol–water partition coefficient (Wildman–Crippen LogP) is 3.15. The molecule has 3 N–H and O–H groups in total. The standard InChI is InChI=1S/C21H23NO5/c23-20(24)17-8-12-3-1-2-4-13(12)10-19(17)27-16-6-5-14-11-22-18(21(25)26)9-15(14)7-16/h1-4,8,10,14-16,18,22H,5-7,9,11H2,(H,23,24)(H,25,26)/t14?,15?,16-,18-/m0/s1. The van der Waals surface area contributed by atoms with Crippen molar-refractivity contribution in [2.45, 2.75) is 37.8 Å². The maximum Gasteiger partial charge on any atom is 0.339 e. The van der Waals surface area contributed by atoms with E-state index >= 15 is 0 Å². The number of rotatable bonds is 4. The minimum absolute atomic E-state index is 0.0851. The summed E-state index contributed by atoms with van der Waals surface area (Å²) in [4.78, 5) is 23.0. The maximum absolute atomic E-state index is 11.7. The average molecular weight is 369 g/mol. The molecular formula is C21H23NO5. The molecule has 27 heavy (non-hydrogen) atoms. The number of ether oxygens (including phenoxy) is 1. The lowest BCUT2D eigenvalue weighted by molar-refractivity contribution is -0.141. The molecule has 0 aromatic heterocycles. The van der Waals surface area contributed by atoms with E-state index in [2.05, 4.69) is 5.32 Å². The molecule has 1 aliphatic carbocycles. The first-order valence-electron chi connectivity index (χ1n) is 9.40. The lowest BCUT2D eigenvalue weighted by Gasteiger charge is -2.41. The number of hydrogen-bond donors (Lipinski definition) is 3. The number of carbonyl (C=O) groups is 2. The third kappa shape index (κ3) is 3.62. The third-order valence-electron chi connectivity index (χ3n) is 5.93. The summed E-state index contributed by atoms with van der Waals surface area (Å²) < 4.78 is 6.15. The van der Waals surface area contributed by atoms with Crippen LogP contribution in [-0.2, 0) is 4.79 Å². The summed E-state index contributed by atoms with van der Waals surface area (Å²) in [5.74, 6) is -0.652. The van der Waals surface area contributed by atoms with E-state index in [-0.39, 0.29) is 11.7 Å². The van der Waals surface area contributed by atoms with Crippen molar-refractivity contribution in [1.82, 2.24) is 5.32 Å². The topological polar surface area (TPSA) is 95.9 Å². The molecule has 1 saturated heterocycles. The van der Waals surface area contributed by atoms with E-state index < -0.39 is 18.0 Å². The van der Waals surface area contributed by atoms with E-state index in [1.54, 1.807) is 12.1 Å². The Morgan fingerprint density at radius 1 is 1.00 bits per heavy atom. The summed E-state index contributed by atoms with van der Waals surface area (Å²) in [5, 5.41) is 23.8. The second-order valence-corrected chi connectivity index (χ2v) is 7.61. The Balaban J connectivity index is 1.54. The second kappa shape index (κ2) is 7.19.